The number of carbonyl (C=O) groups excluding carboxylic acids is 1. The fraction of sp³-hybridized carbons (Fsp3) is 0.318. The van der Waals surface area contributed by atoms with E-state index < -0.39 is 0 Å². The molecule has 1 fully saturated rings. The van der Waals surface area contributed by atoms with Gasteiger partial charge in [-0.2, -0.15) is 0 Å². The maximum Gasteiger partial charge on any atom is 0.285 e. The molecule has 4 rings (SSSR count). The standard InChI is InChI=1S/C22H22Cl3N5O/c23-16-5-4-15(18(25)11-16)10-21(19-7-6-17(24)12-26-19)29-13-20(27-14-29)22(31)28-30-8-2-1-3-9-30/h4-7,11-14,21H,1-3,8-10H2,(H,28,31). The van der Waals surface area contributed by atoms with Crippen LogP contribution in [0.15, 0.2) is 49.1 Å². The van der Waals surface area contributed by atoms with Gasteiger partial charge in [0.05, 0.1) is 23.1 Å². The first-order valence-corrected chi connectivity index (χ1v) is 11.3. The molecule has 0 bridgehead atoms. The first kappa shape index (κ1) is 22.1. The molecule has 31 heavy (non-hydrogen) atoms. The molecule has 2 aromatic heterocycles. The van der Waals surface area contributed by atoms with Gasteiger partial charge >= 0.3 is 0 Å². The average Bonchev–Trinajstić information content (AvgIpc) is 3.25. The van der Waals surface area contributed by atoms with Gasteiger partial charge in [-0.1, -0.05) is 47.3 Å². The third kappa shape index (κ3) is 5.57. The van der Waals surface area contributed by atoms with E-state index in [-0.39, 0.29) is 11.9 Å². The molecule has 1 saturated heterocycles. The molecule has 0 aliphatic carbocycles. The van der Waals surface area contributed by atoms with Gasteiger partial charge < -0.3 is 4.57 Å². The highest BCUT2D eigenvalue weighted by Gasteiger charge is 2.21. The van der Waals surface area contributed by atoms with Crippen molar-refractivity contribution in [3.8, 4) is 0 Å². The molecule has 3 heterocycles. The summed E-state index contributed by atoms with van der Waals surface area (Å²) >= 11 is 18.5. The van der Waals surface area contributed by atoms with E-state index in [2.05, 4.69) is 15.4 Å². The summed E-state index contributed by atoms with van der Waals surface area (Å²) in [6, 6.07) is 8.86. The Morgan fingerprint density at radius 1 is 1.03 bits per heavy atom. The van der Waals surface area contributed by atoms with Crippen molar-refractivity contribution in [2.45, 2.75) is 31.7 Å². The highest BCUT2D eigenvalue weighted by atomic mass is 35.5. The van der Waals surface area contributed by atoms with Gasteiger partial charge in [-0.3, -0.25) is 15.2 Å². The van der Waals surface area contributed by atoms with Crippen molar-refractivity contribution in [1.29, 1.82) is 0 Å². The molecule has 1 N–H and O–H groups in total. The third-order valence-electron chi connectivity index (χ3n) is 5.33. The summed E-state index contributed by atoms with van der Waals surface area (Å²) in [4.78, 5) is 21.5. The summed E-state index contributed by atoms with van der Waals surface area (Å²) in [6.07, 6.45) is 8.91. The number of nitrogens with zero attached hydrogens (tertiary/aromatic N) is 4. The maximum atomic E-state index is 12.7. The van der Waals surface area contributed by atoms with E-state index in [1.807, 2.05) is 21.7 Å². The Morgan fingerprint density at radius 3 is 2.52 bits per heavy atom. The predicted octanol–water partition coefficient (Wildman–Crippen LogP) is 5.20. The van der Waals surface area contributed by atoms with Crippen LogP contribution in [-0.4, -0.2) is 38.5 Å². The molecule has 1 aliphatic heterocycles. The summed E-state index contributed by atoms with van der Waals surface area (Å²) in [5.41, 5.74) is 5.01. The SMILES string of the molecule is O=C(NN1CCCCC1)c1cn(C(Cc2ccc(Cl)cc2Cl)c2ccc(Cl)cn2)cn1. The zero-order valence-electron chi connectivity index (χ0n) is 16.8. The van der Waals surface area contributed by atoms with Gasteiger partial charge in [0, 0.05) is 41.9 Å². The summed E-state index contributed by atoms with van der Waals surface area (Å²) in [5, 5.41) is 3.67. The van der Waals surface area contributed by atoms with Crippen molar-refractivity contribution in [1.82, 2.24) is 25.0 Å². The van der Waals surface area contributed by atoms with Crippen LogP contribution in [0.2, 0.25) is 15.1 Å². The molecular weight excluding hydrogens is 457 g/mol. The number of nitrogens with one attached hydrogen (secondary N) is 1. The number of halogens is 3. The zero-order chi connectivity index (χ0) is 21.8. The van der Waals surface area contributed by atoms with E-state index in [0.717, 1.165) is 37.2 Å². The van der Waals surface area contributed by atoms with Crippen molar-refractivity contribution in [2.75, 3.05) is 13.1 Å². The van der Waals surface area contributed by atoms with Crippen molar-refractivity contribution in [2.24, 2.45) is 0 Å². The Kier molecular flexibility index (Phi) is 7.13. The molecule has 0 spiro atoms. The van der Waals surface area contributed by atoms with Gasteiger partial charge in [-0.15, -0.1) is 0 Å². The molecule has 1 atom stereocenters. The largest absolute Gasteiger partial charge is 0.327 e. The van der Waals surface area contributed by atoms with Crippen LogP contribution in [-0.2, 0) is 6.42 Å². The van der Waals surface area contributed by atoms with E-state index in [9.17, 15) is 4.79 Å². The van der Waals surface area contributed by atoms with Gasteiger partial charge in [0.2, 0.25) is 0 Å². The molecule has 1 aromatic carbocycles. The molecule has 1 amide bonds. The quantitative estimate of drug-likeness (QED) is 0.529. The lowest BCUT2D eigenvalue weighted by atomic mass is 10.0. The highest BCUT2D eigenvalue weighted by Crippen LogP contribution is 2.28. The van der Waals surface area contributed by atoms with E-state index in [4.69, 9.17) is 34.8 Å². The summed E-state index contributed by atoms with van der Waals surface area (Å²) < 4.78 is 1.88. The predicted molar refractivity (Wildman–Crippen MR) is 123 cm³/mol. The summed E-state index contributed by atoms with van der Waals surface area (Å²) in [7, 11) is 0. The summed E-state index contributed by atoms with van der Waals surface area (Å²) in [5.74, 6) is -0.215. The molecule has 9 heteroatoms. The normalized spacial score (nSPS) is 15.6. The number of hydrogen-bond acceptors (Lipinski definition) is 4. The number of hydrazine groups is 1. The fourth-order valence-corrected chi connectivity index (χ4v) is 4.27. The molecule has 6 nitrogen and oxygen atoms in total. The number of piperidine rings is 1. The van der Waals surface area contributed by atoms with E-state index in [1.165, 1.54) is 6.42 Å². The van der Waals surface area contributed by atoms with E-state index >= 15 is 0 Å². The smallest absolute Gasteiger partial charge is 0.285 e. The molecule has 0 radical (unpaired) electrons. The zero-order valence-corrected chi connectivity index (χ0v) is 19.0. The summed E-state index contributed by atoms with van der Waals surface area (Å²) in [6.45, 7) is 1.72. The second-order valence-electron chi connectivity index (χ2n) is 7.55. The Hall–Kier alpha value is -2.12. The Morgan fingerprint density at radius 2 is 1.81 bits per heavy atom. The average molecular weight is 479 g/mol. The van der Waals surface area contributed by atoms with Crippen LogP contribution in [0.3, 0.4) is 0 Å². The van der Waals surface area contributed by atoms with Crippen molar-refractivity contribution >= 4 is 40.7 Å². The number of carbonyl (C=O) groups is 1. The second kappa shape index (κ2) is 10.0. The van der Waals surface area contributed by atoms with Crippen LogP contribution >= 0.6 is 34.8 Å². The van der Waals surface area contributed by atoms with E-state index in [1.54, 1.807) is 36.9 Å². The minimum atomic E-state index is -0.222. The van der Waals surface area contributed by atoms with Crippen molar-refractivity contribution in [3.63, 3.8) is 0 Å². The number of aromatic nitrogens is 3. The maximum absolute atomic E-state index is 12.7. The van der Waals surface area contributed by atoms with Gasteiger partial charge in [-0.25, -0.2) is 9.99 Å². The van der Waals surface area contributed by atoms with Crippen LogP contribution in [0.5, 0.6) is 0 Å². The molecule has 3 aromatic rings. The van der Waals surface area contributed by atoms with Crippen LogP contribution in [0, 0.1) is 0 Å². The monoisotopic (exact) mass is 477 g/mol. The van der Waals surface area contributed by atoms with Gasteiger partial charge in [0.25, 0.3) is 5.91 Å². The first-order valence-electron chi connectivity index (χ1n) is 10.1. The van der Waals surface area contributed by atoms with Gasteiger partial charge in [-0.05, 0) is 42.7 Å². The minimum absolute atomic E-state index is 0.215. The fourth-order valence-electron chi connectivity index (χ4n) is 3.67. The number of benzene rings is 1. The number of imidazole rings is 1. The number of pyridine rings is 1. The van der Waals surface area contributed by atoms with Crippen molar-refractivity contribution in [3.05, 3.63) is 81.1 Å². The minimum Gasteiger partial charge on any atom is -0.327 e. The lowest BCUT2D eigenvalue weighted by Gasteiger charge is -2.26. The van der Waals surface area contributed by atoms with Gasteiger partial charge in [0.1, 0.15) is 5.69 Å². The van der Waals surface area contributed by atoms with Crippen LogP contribution in [0.4, 0.5) is 0 Å². The van der Waals surface area contributed by atoms with E-state index in [0.29, 0.717) is 27.2 Å². The topological polar surface area (TPSA) is 63.1 Å². The number of amides is 1. The Labute approximate surface area is 196 Å². The van der Waals surface area contributed by atoms with Crippen molar-refractivity contribution < 1.29 is 4.79 Å². The molecular formula is C22H22Cl3N5O. The molecule has 0 saturated carbocycles. The first-order chi connectivity index (χ1) is 15.0. The van der Waals surface area contributed by atoms with Crippen LogP contribution < -0.4 is 5.43 Å². The number of hydrogen-bond donors (Lipinski definition) is 1. The lowest BCUT2D eigenvalue weighted by Crippen LogP contribution is -2.45. The number of rotatable bonds is 6. The molecule has 1 aliphatic rings. The molecule has 162 valence electrons. The third-order valence-corrected chi connectivity index (χ3v) is 6.14. The van der Waals surface area contributed by atoms with Crippen LogP contribution in [0.1, 0.15) is 47.1 Å². The Bertz CT molecular complexity index is 1050. The lowest BCUT2D eigenvalue weighted by molar-refractivity contribution is 0.0745. The second-order valence-corrected chi connectivity index (χ2v) is 8.83. The van der Waals surface area contributed by atoms with Crippen LogP contribution in [0.25, 0.3) is 0 Å². The van der Waals surface area contributed by atoms with Gasteiger partial charge in [0.15, 0.2) is 0 Å². The molecule has 1 unspecified atom stereocenters. The Balaban J connectivity index is 1.59. The highest BCUT2D eigenvalue weighted by molar-refractivity contribution is 6.35.